The molecule has 2 aromatic rings. The summed E-state index contributed by atoms with van der Waals surface area (Å²) >= 11 is 0. The van der Waals surface area contributed by atoms with Crippen LogP contribution in [0.3, 0.4) is 0 Å². The summed E-state index contributed by atoms with van der Waals surface area (Å²) in [5, 5.41) is 0. The molecule has 6 heterocycles. The number of ether oxygens (including phenoxy) is 5. The van der Waals surface area contributed by atoms with E-state index in [1.165, 1.54) is 0 Å². The van der Waals surface area contributed by atoms with Crippen molar-refractivity contribution in [2.24, 2.45) is 0 Å². The first-order valence-electron chi connectivity index (χ1n) is 15.8. The molecule has 0 saturated carbocycles. The molecular weight excluding hydrogens is 548 g/mol. The fraction of sp³-hybridized carbons (Fsp3) is 0.588. The van der Waals surface area contributed by atoms with Crippen molar-refractivity contribution in [3.8, 4) is 0 Å². The smallest absolute Gasteiger partial charge is 0.316 e. The van der Waals surface area contributed by atoms with Gasteiger partial charge in [-0.2, -0.15) is 0 Å². The number of benzene rings is 2. The monoisotopic (exact) mass is 588 g/mol. The number of piperidine rings is 2. The molecule has 6 fully saturated rings. The van der Waals surface area contributed by atoms with Crippen molar-refractivity contribution in [2.45, 2.75) is 98.3 Å². The Hall–Kier alpha value is -2.82. The third-order valence-corrected chi connectivity index (χ3v) is 10.9. The summed E-state index contributed by atoms with van der Waals surface area (Å²) in [6, 6.07) is 20.5. The predicted octanol–water partition coefficient (Wildman–Crippen LogP) is 2.88. The topological polar surface area (TPSA) is 93.4 Å². The van der Waals surface area contributed by atoms with Gasteiger partial charge in [-0.3, -0.25) is 19.4 Å². The number of morpholine rings is 2. The zero-order valence-corrected chi connectivity index (χ0v) is 24.7. The zero-order valence-electron chi connectivity index (χ0n) is 24.7. The van der Waals surface area contributed by atoms with Gasteiger partial charge in [-0.15, -0.1) is 0 Å². The van der Waals surface area contributed by atoms with Crippen LogP contribution in [0.5, 0.6) is 0 Å². The summed E-state index contributed by atoms with van der Waals surface area (Å²) in [5.74, 6) is -1.74. The summed E-state index contributed by atoms with van der Waals surface area (Å²) < 4.78 is 30.1. The Labute approximate surface area is 252 Å². The quantitative estimate of drug-likeness (QED) is 0.307. The fourth-order valence-electron chi connectivity index (χ4n) is 8.36. The molecule has 9 heteroatoms. The number of hydrogen-bond donors (Lipinski definition) is 0. The highest BCUT2D eigenvalue weighted by Crippen LogP contribution is 2.49. The number of likely N-dealkylation sites (N-methyl/N-ethyl adjacent to an activating group) is 2. The van der Waals surface area contributed by atoms with Crippen LogP contribution in [0.4, 0.5) is 0 Å². The van der Waals surface area contributed by atoms with Gasteiger partial charge in [0, 0.05) is 49.9 Å². The molecule has 43 heavy (non-hydrogen) atoms. The molecule has 0 radical (unpaired) electrons. The Morgan fingerprint density at radius 2 is 1.00 bits per heavy atom. The Morgan fingerprint density at radius 1 is 0.651 bits per heavy atom. The SMILES string of the molecule is CN1[C@@H]2C[C@@H](OC(=O)[C@H](COC[C@@H](C(=O)O[C@@H]3C[C@@H]4[C@H]5O[C@H]5[C@H](C3)N4C)c3ccccc3)c3ccccc3)C[C@H]1[C@@H]1O[C@@H]12. The van der Waals surface area contributed by atoms with Gasteiger partial charge < -0.3 is 23.7 Å². The first-order valence-corrected chi connectivity index (χ1v) is 15.8. The minimum Gasteiger partial charge on any atom is -0.462 e. The average Bonchev–Trinajstić information content (AvgIpc) is 3.92. The molecule has 0 aliphatic carbocycles. The second-order valence-electron chi connectivity index (χ2n) is 13.3. The van der Waals surface area contributed by atoms with E-state index in [0.717, 1.165) is 36.8 Å². The van der Waals surface area contributed by atoms with E-state index in [4.69, 9.17) is 23.7 Å². The van der Waals surface area contributed by atoms with Gasteiger partial charge in [0.1, 0.15) is 48.5 Å². The summed E-state index contributed by atoms with van der Waals surface area (Å²) in [6.45, 7) is 0.235. The van der Waals surface area contributed by atoms with Crippen LogP contribution in [0.2, 0.25) is 0 Å². The Bertz CT molecular complexity index is 1210. The molecule has 12 atom stereocenters. The van der Waals surface area contributed by atoms with Gasteiger partial charge in [0.25, 0.3) is 0 Å². The molecular formula is C34H40N2O7. The van der Waals surface area contributed by atoms with E-state index in [1.807, 2.05) is 60.7 Å². The number of esters is 2. The second kappa shape index (κ2) is 11.0. The second-order valence-corrected chi connectivity index (χ2v) is 13.3. The number of carbonyl (C=O) groups is 2. The third kappa shape index (κ3) is 5.09. The molecule has 0 unspecified atom stereocenters. The minimum absolute atomic E-state index is 0.117. The molecule has 0 amide bonds. The van der Waals surface area contributed by atoms with Gasteiger partial charge in [-0.25, -0.2) is 0 Å². The summed E-state index contributed by atoms with van der Waals surface area (Å²) in [7, 11) is 4.29. The van der Waals surface area contributed by atoms with Crippen molar-refractivity contribution >= 4 is 11.9 Å². The molecule has 0 N–H and O–H groups in total. The van der Waals surface area contributed by atoms with Crippen molar-refractivity contribution in [1.29, 1.82) is 0 Å². The maximum absolute atomic E-state index is 13.6. The van der Waals surface area contributed by atoms with Gasteiger partial charge >= 0.3 is 11.9 Å². The summed E-state index contributed by atoms with van der Waals surface area (Å²) in [5.41, 5.74) is 1.69. The molecule has 0 spiro atoms. The van der Waals surface area contributed by atoms with Crippen LogP contribution in [0, 0.1) is 0 Å². The lowest BCUT2D eigenvalue weighted by Gasteiger charge is -2.38. The lowest BCUT2D eigenvalue weighted by molar-refractivity contribution is -0.158. The van der Waals surface area contributed by atoms with Gasteiger partial charge in [-0.05, 0) is 25.2 Å². The highest BCUT2D eigenvalue weighted by molar-refractivity contribution is 5.79. The molecule has 6 aliphatic rings. The molecule has 0 aromatic heterocycles. The number of epoxide rings is 2. The van der Waals surface area contributed by atoms with Crippen LogP contribution in [0.25, 0.3) is 0 Å². The van der Waals surface area contributed by atoms with Crippen LogP contribution in [0.15, 0.2) is 60.7 Å². The molecule has 8 rings (SSSR count). The van der Waals surface area contributed by atoms with Crippen LogP contribution in [0.1, 0.15) is 48.6 Å². The number of carbonyl (C=O) groups excluding carboxylic acids is 2. The standard InChI is InChI=1S/C34H40N2O7/c1-35-25-13-21(14-26(35)30-29(25)42-30)40-33(37)23(19-9-5-3-6-10-19)17-39-18-24(20-11-7-4-8-12-20)34(38)41-22-15-27-31-32(43-31)28(16-22)36(27)2/h3-12,21-32H,13-18H2,1-2H3/t21-,22-,23-,24-,25-,26+,27-,28+,29-,30+,31-,32+/m1/s1. The number of nitrogens with zero attached hydrogens (tertiary/aromatic N) is 2. The Kier molecular flexibility index (Phi) is 7.06. The molecule has 9 nitrogen and oxygen atoms in total. The summed E-state index contributed by atoms with van der Waals surface area (Å²) in [4.78, 5) is 32.0. The van der Waals surface area contributed by atoms with Crippen molar-refractivity contribution in [3.05, 3.63) is 71.8 Å². The average molecular weight is 589 g/mol. The summed E-state index contributed by atoms with van der Waals surface area (Å²) in [6.07, 6.45) is 4.02. The number of fused-ring (bicyclic) bond motifs is 10. The number of hydrogen-bond acceptors (Lipinski definition) is 9. The van der Waals surface area contributed by atoms with Gasteiger partial charge in [0.2, 0.25) is 0 Å². The highest BCUT2D eigenvalue weighted by Gasteiger charge is 2.64. The largest absolute Gasteiger partial charge is 0.462 e. The Balaban J connectivity index is 0.928. The first-order chi connectivity index (χ1) is 21.0. The van der Waals surface area contributed by atoms with Crippen LogP contribution in [-0.4, -0.2) is 110 Å². The molecule has 228 valence electrons. The molecule has 6 saturated heterocycles. The third-order valence-electron chi connectivity index (χ3n) is 10.9. The van der Waals surface area contributed by atoms with E-state index < -0.39 is 11.8 Å². The van der Waals surface area contributed by atoms with Gasteiger partial charge in [0.15, 0.2) is 0 Å². The molecule has 2 aromatic carbocycles. The zero-order chi connectivity index (χ0) is 29.2. The van der Waals surface area contributed by atoms with E-state index in [2.05, 4.69) is 23.9 Å². The van der Waals surface area contributed by atoms with Crippen LogP contribution >= 0.6 is 0 Å². The molecule has 4 bridgehead atoms. The fourth-order valence-corrected chi connectivity index (χ4v) is 8.36. The van der Waals surface area contributed by atoms with E-state index in [9.17, 15) is 9.59 Å². The Morgan fingerprint density at radius 3 is 1.35 bits per heavy atom. The molecule has 6 aliphatic heterocycles. The van der Waals surface area contributed by atoms with Crippen LogP contribution < -0.4 is 0 Å². The van der Waals surface area contributed by atoms with E-state index in [-0.39, 0.29) is 61.8 Å². The normalized spacial score (nSPS) is 38.5. The maximum atomic E-state index is 13.6. The van der Waals surface area contributed by atoms with Crippen molar-refractivity contribution < 1.29 is 33.3 Å². The van der Waals surface area contributed by atoms with Crippen molar-refractivity contribution in [3.63, 3.8) is 0 Å². The van der Waals surface area contributed by atoms with E-state index >= 15 is 0 Å². The van der Waals surface area contributed by atoms with Gasteiger partial charge in [-0.1, -0.05) is 60.7 Å². The minimum atomic E-state index is -0.590. The van der Waals surface area contributed by atoms with E-state index in [0.29, 0.717) is 24.2 Å². The highest BCUT2D eigenvalue weighted by atomic mass is 16.6. The lowest BCUT2D eigenvalue weighted by Crippen LogP contribution is -2.48. The van der Waals surface area contributed by atoms with Crippen molar-refractivity contribution in [2.75, 3.05) is 27.3 Å². The predicted molar refractivity (Wildman–Crippen MR) is 155 cm³/mol. The van der Waals surface area contributed by atoms with Gasteiger partial charge in [0.05, 0.1) is 13.2 Å². The number of rotatable bonds is 10. The van der Waals surface area contributed by atoms with E-state index in [1.54, 1.807) is 0 Å². The first kappa shape index (κ1) is 27.7. The van der Waals surface area contributed by atoms with Crippen molar-refractivity contribution in [1.82, 2.24) is 9.80 Å². The lowest BCUT2D eigenvalue weighted by atomic mass is 9.97. The van der Waals surface area contributed by atoms with Crippen LogP contribution in [-0.2, 0) is 33.3 Å². The maximum Gasteiger partial charge on any atom is 0.316 e.